The molecule has 3 heteroatoms. The number of nitrogens with zero attached hydrogens (tertiary/aromatic N) is 1. The first-order valence-corrected chi connectivity index (χ1v) is 13.9. The second-order valence-electron chi connectivity index (χ2n) is 11.3. The minimum atomic E-state index is 0.373. The summed E-state index contributed by atoms with van der Waals surface area (Å²) in [6, 6.07) is 28.0. The molecule has 0 radical (unpaired) electrons. The molecule has 39 heavy (non-hydrogen) atoms. The van der Waals surface area contributed by atoms with E-state index in [2.05, 4.69) is 112 Å². The highest BCUT2D eigenvalue weighted by Crippen LogP contribution is 2.51. The van der Waals surface area contributed by atoms with Gasteiger partial charge in [-0.1, -0.05) is 64.1 Å². The van der Waals surface area contributed by atoms with Crippen molar-refractivity contribution in [3.8, 4) is 33.5 Å². The largest absolute Gasteiger partial charge is 0.455 e. The van der Waals surface area contributed by atoms with E-state index in [0.29, 0.717) is 11.8 Å². The molecule has 2 aromatic heterocycles. The van der Waals surface area contributed by atoms with Gasteiger partial charge < -0.3 is 9.73 Å². The molecule has 0 unspecified atom stereocenters. The zero-order valence-corrected chi connectivity index (χ0v) is 23.1. The number of anilines is 2. The summed E-state index contributed by atoms with van der Waals surface area (Å²) >= 11 is 0. The molecule has 192 valence electrons. The average Bonchev–Trinajstić information content (AvgIpc) is 3.32. The summed E-state index contributed by atoms with van der Waals surface area (Å²) in [7, 11) is 0. The number of furan rings is 1. The molecule has 0 fully saturated rings. The van der Waals surface area contributed by atoms with Crippen molar-refractivity contribution in [1.82, 2.24) is 4.98 Å². The number of para-hydroxylation sites is 1. The Morgan fingerprint density at radius 1 is 0.718 bits per heavy atom. The Kier molecular flexibility index (Phi) is 5.38. The highest BCUT2D eigenvalue weighted by Gasteiger charge is 2.28. The zero-order chi connectivity index (χ0) is 26.8. The third-order valence-electron chi connectivity index (χ3n) is 8.19. The Hall–Kier alpha value is -4.37. The van der Waals surface area contributed by atoms with Crippen molar-refractivity contribution in [2.24, 2.45) is 0 Å². The predicted octanol–water partition coefficient (Wildman–Crippen LogP) is 10.6. The van der Waals surface area contributed by atoms with E-state index in [9.17, 15) is 0 Å². The fourth-order valence-corrected chi connectivity index (χ4v) is 6.39. The minimum absolute atomic E-state index is 0.373. The molecule has 6 aromatic rings. The molecule has 0 spiro atoms. The number of aromatic nitrogens is 1. The van der Waals surface area contributed by atoms with Gasteiger partial charge in [0, 0.05) is 39.3 Å². The summed E-state index contributed by atoms with van der Waals surface area (Å²) in [4.78, 5) is 4.65. The lowest BCUT2D eigenvalue weighted by Crippen LogP contribution is -2.09. The summed E-state index contributed by atoms with van der Waals surface area (Å²) in [5.41, 5.74) is 15.2. The number of nitrogens with one attached hydrogen (secondary N) is 1. The van der Waals surface area contributed by atoms with Crippen molar-refractivity contribution in [3.05, 3.63) is 102 Å². The van der Waals surface area contributed by atoms with Crippen LogP contribution in [0.15, 0.2) is 89.5 Å². The Balaban J connectivity index is 1.63. The first-order valence-electron chi connectivity index (χ1n) is 13.9. The van der Waals surface area contributed by atoms with Gasteiger partial charge in [0.25, 0.3) is 0 Å². The van der Waals surface area contributed by atoms with Gasteiger partial charge in [0.05, 0.1) is 11.4 Å². The van der Waals surface area contributed by atoms with Crippen molar-refractivity contribution >= 4 is 33.3 Å². The van der Waals surface area contributed by atoms with Gasteiger partial charge in [0.1, 0.15) is 11.2 Å². The van der Waals surface area contributed by atoms with Crippen LogP contribution in [0.2, 0.25) is 0 Å². The van der Waals surface area contributed by atoms with Crippen LogP contribution in [0, 0.1) is 6.92 Å². The normalized spacial score (nSPS) is 12.4. The lowest BCUT2D eigenvalue weighted by Gasteiger charge is -2.30. The molecule has 3 heterocycles. The third-order valence-corrected chi connectivity index (χ3v) is 8.19. The smallest absolute Gasteiger partial charge is 0.145 e. The van der Waals surface area contributed by atoms with Crippen LogP contribution in [0.5, 0.6) is 0 Å². The predicted molar refractivity (Wildman–Crippen MR) is 164 cm³/mol. The van der Waals surface area contributed by atoms with E-state index in [-0.39, 0.29) is 0 Å². The second-order valence-corrected chi connectivity index (χ2v) is 11.3. The molecule has 0 atom stereocenters. The standard InChI is InChI=1S/C36H32N2O/c1-20(2)26-19-27-22(5)34(33(26)21(3)4)28-18-23(29-11-8-9-17-37-29)13-15-30(28)38-31-16-14-25-24-10-6-7-12-32(24)39-36(25)35(27)31/h6-21,38H,1-5H3. The number of hydrogen-bond donors (Lipinski definition) is 1. The lowest BCUT2D eigenvalue weighted by atomic mass is 9.77. The quantitative estimate of drug-likeness (QED) is 0.258. The molecular formula is C36H32N2O. The molecule has 0 amide bonds. The van der Waals surface area contributed by atoms with Gasteiger partial charge in [0.15, 0.2) is 0 Å². The number of rotatable bonds is 3. The fraction of sp³-hybridized carbons (Fsp3) is 0.194. The van der Waals surface area contributed by atoms with Gasteiger partial charge in [-0.25, -0.2) is 0 Å². The molecular weight excluding hydrogens is 476 g/mol. The molecule has 4 aromatic carbocycles. The maximum absolute atomic E-state index is 6.59. The monoisotopic (exact) mass is 508 g/mol. The van der Waals surface area contributed by atoms with Crippen LogP contribution in [0.25, 0.3) is 55.4 Å². The first-order chi connectivity index (χ1) is 18.9. The van der Waals surface area contributed by atoms with Crippen LogP contribution in [-0.4, -0.2) is 4.98 Å². The maximum atomic E-state index is 6.59. The molecule has 0 saturated heterocycles. The van der Waals surface area contributed by atoms with E-state index < -0.39 is 0 Å². The Bertz CT molecular complexity index is 1890. The summed E-state index contributed by atoms with van der Waals surface area (Å²) in [6.07, 6.45) is 1.86. The summed E-state index contributed by atoms with van der Waals surface area (Å²) < 4.78 is 6.59. The Morgan fingerprint density at radius 2 is 1.51 bits per heavy atom. The van der Waals surface area contributed by atoms with Gasteiger partial charge in [-0.15, -0.1) is 0 Å². The van der Waals surface area contributed by atoms with Crippen molar-refractivity contribution in [2.45, 2.75) is 46.5 Å². The van der Waals surface area contributed by atoms with E-state index >= 15 is 0 Å². The van der Waals surface area contributed by atoms with Gasteiger partial charge in [-0.2, -0.15) is 0 Å². The van der Waals surface area contributed by atoms with E-state index in [0.717, 1.165) is 50.1 Å². The summed E-state index contributed by atoms with van der Waals surface area (Å²) in [5.74, 6) is 0.756. The van der Waals surface area contributed by atoms with Crippen LogP contribution in [-0.2, 0) is 0 Å². The third kappa shape index (κ3) is 3.60. The number of hydrogen-bond acceptors (Lipinski definition) is 3. The SMILES string of the molecule is Cc1c2cc(C(C)C)c(C(C)C)c1-c1cc(-c3ccccn3)ccc1Nc1ccc3c(oc4ccccc43)c1-2. The molecule has 7 rings (SSSR count). The van der Waals surface area contributed by atoms with Crippen molar-refractivity contribution < 1.29 is 4.42 Å². The van der Waals surface area contributed by atoms with Crippen LogP contribution >= 0.6 is 0 Å². The van der Waals surface area contributed by atoms with E-state index in [1.807, 2.05) is 18.3 Å². The molecule has 0 aliphatic carbocycles. The first kappa shape index (κ1) is 23.7. The molecule has 1 N–H and O–H groups in total. The number of benzene rings is 4. The Morgan fingerprint density at radius 3 is 2.28 bits per heavy atom. The summed E-state index contributed by atoms with van der Waals surface area (Å²) in [6.45, 7) is 11.5. The van der Waals surface area contributed by atoms with Crippen molar-refractivity contribution in [3.63, 3.8) is 0 Å². The molecule has 1 aliphatic heterocycles. The van der Waals surface area contributed by atoms with Gasteiger partial charge in [0.2, 0.25) is 0 Å². The number of fused-ring (bicyclic) bond motifs is 10. The van der Waals surface area contributed by atoms with Crippen LogP contribution < -0.4 is 5.32 Å². The lowest BCUT2D eigenvalue weighted by molar-refractivity contribution is 0.670. The fourth-order valence-electron chi connectivity index (χ4n) is 6.39. The molecule has 3 nitrogen and oxygen atoms in total. The van der Waals surface area contributed by atoms with Gasteiger partial charge >= 0.3 is 0 Å². The van der Waals surface area contributed by atoms with E-state index in [4.69, 9.17) is 4.42 Å². The van der Waals surface area contributed by atoms with E-state index in [1.165, 1.54) is 33.4 Å². The zero-order valence-electron chi connectivity index (χ0n) is 23.1. The Labute approximate surface area is 229 Å². The molecule has 0 saturated carbocycles. The highest BCUT2D eigenvalue weighted by atomic mass is 16.3. The second kappa shape index (κ2) is 8.84. The van der Waals surface area contributed by atoms with Gasteiger partial charge in [-0.05, 0) is 89.0 Å². The maximum Gasteiger partial charge on any atom is 0.145 e. The van der Waals surface area contributed by atoms with Crippen LogP contribution in [0.4, 0.5) is 11.4 Å². The molecule has 2 bridgehead atoms. The molecule has 1 aliphatic rings. The van der Waals surface area contributed by atoms with Crippen molar-refractivity contribution in [2.75, 3.05) is 5.32 Å². The minimum Gasteiger partial charge on any atom is -0.455 e. The topological polar surface area (TPSA) is 38.1 Å². The highest BCUT2D eigenvalue weighted by molar-refractivity contribution is 6.14. The van der Waals surface area contributed by atoms with E-state index in [1.54, 1.807) is 0 Å². The average molecular weight is 509 g/mol. The van der Waals surface area contributed by atoms with Crippen LogP contribution in [0.3, 0.4) is 0 Å². The van der Waals surface area contributed by atoms with Crippen molar-refractivity contribution in [1.29, 1.82) is 0 Å². The van der Waals surface area contributed by atoms with Gasteiger partial charge in [-0.3, -0.25) is 4.98 Å². The summed E-state index contributed by atoms with van der Waals surface area (Å²) in [5, 5.41) is 6.13. The van der Waals surface area contributed by atoms with Crippen LogP contribution in [0.1, 0.15) is 56.2 Å². The number of pyridine rings is 1.